The lowest BCUT2D eigenvalue weighted by molar-refractivity contribution is -0.128. The second-order valence-corrected chi connectivity index (χ2v) is 4.70. The van der Waals surface area contributed by atoms with Gasteiger partial charge in [0.1, 0.15) is 11.5 Å². The number of ether oxygens (including phenoxy) is 1. The van der Waals surface area contributed by atoms with Gasteiger partial charge in [0.05, 0.1) is 12.8 Å². The van der Waals surface area contributed by atoms with Gasteiger partial charge in [-0.3, -0.25) is 4.79 Å². The smallest absolute Gasteiger partial charge is 0.261 e. The predicted molar refractivity (Wildman–Crippen MR) is 76.7 cm³/mol. The zero-order chi connectivity index (χ0) is 14.4. The molecule has 1 aromatic heterocycles. The summed E-state index contributed by atoms with van der Waals surface area (Å²) in [5, 5.41) is 3.42. The summed E-state index contributed by atoms with van der Waals surface area (Å²) < 4.78 is 10.8. The van der Waals surface area contributed by atoms with Gasteiger partial charge in [-0.15, -0.1) is 0 Å². The maximum Gasteiger partial charge on any atom is 0.261 e. The SMILES string of the molecule is CC[C@@H](Oc1ccc(Cl)cc1)C(=O)NCc1ccco1. The minimum atomic E-state index is -0.536. The molecule has 20 heavy (non-hydrogen) atoms. The van der Waals surface area contributed by atoms with Crippen molar-refractivity contribution < 1.29 is 13.9 Å². The molecule has 1 aromatic carbocycles. The number of benzene rings is 1. The molecule has 0 unspecified atom stereocenters. The van der Waals surface area contributed by atoms with Crippen molar-refractivity contribution in [1.82, 2.24) is 5.32 Å². The fourth-order valence-corrected chi connectivity index (χ4v) is 1.83. The molecule has 0 aliphatic carbocycles. The van der Waals surface area contributed by atoms with Crippen molar-refractivity contribution in [3.63, 3.8) is 0 Å². The third kappa shape index (κ3) is 4.03. The van der Waals surface area contributed by atoms with Gasteiger partial charge < -0.3 is 14.5 Å². The zero-order valence-corrected chi connectivity index (χ0v) is 11.9. The van der Waals surface area contributed by atoms with E-state index in [4.69, 9.17) is 20.8 Å². The first kappa shape index (κ1) is 14.5. The van der Waals surface area contributed by atoms with Crippen LogP contribution in [0, 0.1) is 0 Å². The molecule has 0 radical (unpaired) electrons. The first-order valence-electron chi connectivity index (χ1n) is 6.41. The number of carbonyl (C=O) groups is 1. The third-order valence-corrected chi connectivity index (χ3v) is 3.02. The van der Waals surface area contributed by atoms with Crippen molar-refractivity contribution in [1.29, 1.82) is 0 Å². The monoisotopic (exact) mass is 293 g/mol. The van der Waals surface area contributed by atoms with Crippen LogP contribution in [0.15, 0.2) is 47.1 Å². The molecule has 2 aromatic rings. The summed E-state index contributed by atoms with van der Waals surface area (Å²) in [5.74, 6) is 1.16. The molecule has 1 heterocycles. The lowest BCUT2D eigenvalue weighted by Gasteiger charge is -2.17. The van der Waals surface area contributed by atoms with Crippen LogP contribution in [-0.4, -0.2) is 12.0 Å². The lowest BCUT2D eigenvalue weighted by atomic mass is 10.2. The Bertz CT molecular complexity index is 537. The summed E-state index contributed by atoms with van der Waals surface area (Å²) in [4.78, 5) is 12.0. The molecular formula is C15H16ClNO3. The molecule has 0 spiro atoms. The van der Waals surface area contributed by atoms with Crippen LogP contribution in [0.4, 0.5) is 0 Å². The van der Waals surface area contributed by atoms with Crippen LogP contribution in [0.3, 0.4) is 0 Å². The van der Waals surface area contributed by atoms with Crippen LogP contribution >= 0.6 is 11.6 Å². The Kier molecular flexibility index (Phi) is 5.07. The Morgan fingerprint density at radius 3 is 2.70 bits per heavy atom. The highest BCUT2D eigenvalue weighted by atomic mass is 35.5. The number of hydrogen-bond acceptors (Lipinski definition) is 3. The Balaban J connectivity index is 1.90. The average molecular weight is 294 g/mol. The van der Waals surface area contributed by atoms with Crippen LogP contribution in [-0.2, 0) is 11.3 Å². The van der Waals surface area contributed by atoms with Gasteiger partial charge in [0, 0.05) is 5.02 Å². The predicted octanol–water partition coefficient (Wildman–Crippen LogP) is 3.41. The minimum absolute atomic E-state index is 0.168. The van der Waals surface area contributed by atoms with E-state index in [1.807, 2.05) is 6.92 Å². The molecule has 0 saturated heterocycles. The summed E-state index contributed by atoms with van der Waals surface area (Å²) >= 11 is 5.81. The van der Waals surface area contributed by atoms with E-state index >= 15 is 0 Å². The standard InChI is InChI=1S/C15H16ClNO3/c1-2-14(20-12-7-5-11(16)6-8-12)15(18)17-10-13-4-3-9-19-13/h3-9,14H,2,10H2,1H3,(H,17,18)/t14-/m1/s1. The number of nitrogens with one attached hydrogen (secondary N) is 1. The second-order valence-electron chi connectivity index (χ2n) is 4.27. The van der Waals surface area contributed by atoms with E-state index in [0.717, 1.165) is 0 Å². The molecule has 1 atom stereocenters. The highest BCUT2D eigenvalue weighted by Crippen LogP contribution is 2.17. The normalized spacial score (nSPS) is 11.9. The van der Waals surface area contributed by atoms with Gasteiger partial charge in [-0.25, -0.2) is 0 Å². The van der Waals surface area contributed by atoms with Gasteiger partial charge in [-0.2, -0.15) is 0 Å². The topological polar surface area (TPSA) is 51.5 Å². The van der Waals surface area contributed by atoms with Crippen LogP contribution < -0.4 is 10.1 Å². The molecular weight excluding hydrogens is 278 g/mol. The highest BCUT2D eigenvalue weighted by Gasteiger charge is 2.18. The molecule has 0 aliphatic rings. The number of carbonyl (C=O) groups excluding carboxylic acids is 1. The van der Waals surface area contributed by atoms with Gasteiger partial charge in [-0.05, 0) is 42.8 Å². The fourth-order valence-electron chi connectivity index (χ4n) is 1.70. The summed E-state index contributed by atoms with van der Waals surface area (Å²) in [5.41, 5.74) is 0. The van der Waals surface area contributed by atoms with Crippen LogP contribution in [0.5, 0.6) is 5.75 Å². The maximum atomic E-state index is 12.0. The van der Waals surface area contributed by atoms with Gasteiger partial charge in [-0.1, -0.05) is 18.5 Å². The molecule has 0 aliphatic heterocycles. The fraction of sp³-hybridized carbons (Fsp3) is 0.267. The van der Waals surface area contributed by atoms with E-state index in [0.29, 0.717) is 29.5 Å². The van der Waals surface area contributed by atoms with Crippen molar-refractivity contribution in [2.75, 3.05) is 0 Å². The van der Waals surface area contributed by atoms with Gasteiger partial charge in [0.15, 0.2) is 6.10 Å². The molecule has 0 fully saturated rings. The Morgan fingerprint density at radius 2 is 2.10 bits per heavy atom. The average Bonchev–Trinajstić information content (AvgIpc) is 2.97. The quantitative estimate of drug-likeness (QED) is 0.888. The Morgan fingerprint density at radius 1 is 1.35 bits per heavy atom. The largest absolute Gasteiger partial charge is 0.481 e. The summed E-state index contributed by atoms with van der Waals surface area (Å²) in [7, 11) is 0. The molecule has 2 rings (SSSR count). The lowest BCUT2D eigenvalue weighted by Crippen LogP contribution is -2.37. The molecule has 5 heteroatoms. The number of halogens is 1. The number of rotatable bonds is 6. The number of hydrogen-bond donors (Lipinski definition) is 1. The number of amides is 1. The van der Waals surface area contributed by atoms with Crippen molar-refractivity contribution in [2.24, 2.45) is 0 Å². The van der Waals surface area contributed by atoms with E-state index in [2.05, 4.69) is 5.32 Å². The van der Waals surface area contributed by atoms with E-state index in [-0.39, 0.29) is 5.91 Å². The Hall–Kier alpha value is -1.94. The van der Waals surface area contributed by atoms with Crippen molar-refractivity contribution in [3.05, 3.63) is 53.4 Å². The second kappa shape index (κ2) is 7.01. The molecule has 1 N–H and O–H groups in total. The van der Waals surface area contributed by atoms with E-state index < -0.39 is 6.10 Å². The van der Waals surface area contributed by atoms with Crippen molar-refractivity contribution in [2.45, 2.75) is 26.0 Å². The molecule has 0 saturated carbocycles. The van der Waals surface area contributed by atoms with E-state index in [1.165, 1.54) is 0 Å². The van der Waals surface area contributed by atoms with Gasteiger partial charge >= 0.3 is 0 Å². The van der Waals surface area contributed by atoms with E-state index in [9.17, 15) is 4.79 Å². The van der Waals surface area contributed by atoms with Crippen LogP contribution in [0.25, 0.3) is 0 Å². The Labute approximate surface area is 122 Å². The first-order chi connectivity index (χ1) is 9.69. The molecule has 106 valence electrons. The third-order valence-electron chi connectivity index (χ3n) is 2.77. The summed E-state index contributed by atoms with van der Waals surface area (Å²) in [6.45, 7) is 2.25. The zero-order valence-electron chi connectivity index (χ0n) is 11.1. The molecule has 4 nitrogen and oxygen atoms in total. The van der Waals surface area contributed by atoms with Gasteiger partial charge in [0.2, 0.25) is 0 Å². The maximum absolute atomic E-state index is 12.0. The minimum Gasteiger partial charge on any atom is -0.481 e. The van der Waals surface area contributed by atoms with Crippen LogP contribution in [0.2, 0.25) is 5.02 Å². The van der Waals surface area contributed by atoms with Crippen LogP contribution in [0.1, 0.15) is 19.1 Å². The van der Waals surface area contributed by atoms with Crippen molar-refractivity contribution in [3.8, 4) is 5.75 Å². The molecule has 0 bridgehead atoms. The first-order valence-corrected chi connectivity index (χ1v) is 6.79. The summed E-state index contributed by atoms with van der Waals surface area (Å²) in [6.07, 6.45) is 1.61. The number of furan rings is 1. The highest BCUT2D eigenvalue weighted by molar-refractivity contribution is 6.30. The van der Waals surface area contributed by atoms with Crippen molar-refractivity contribution >= 4 is 17.5 Å². The summed E-state index contributed by atoms with van der Waals surface area (Å²) in [6, 6.07) is 10.5. The molecule has 1 amide bonds. The van der Waals surface area contributed by atoms with E-state index in [1.54, 1.807) is 42.7 Å². The van der Waals surface area contributed by atoms with Gasteiger partial charge in [0.25, 0.3) is 5.91 Å².